The molecule has 0 unspecified atom stereocenters. The number of rotatable bonds is 3. The molecule has 0 aromatic heterocycles. The topological polar surface area (TPSA) is 50.8 Å². The number of para-hydroxylation sites is 1. The number of nitriles is 2. The summed E-state index contributed by atoms with van der Waals surface area (Å²) in [5.41, 5.74) is 4.86. The Morgan fingerprint density at radius 1 is 0.931 bits per heavy atom. The zero-order chi connectivity index (χ0) is 21.4. The third-order valence-corrected chi connectivity index (χ3v) is 7.07. The molecule has 3 rings (SSSR count). The molecule has 3 nitrogen and oxygen atoms in total. The molecule has 1 aromatic rings. The van der Waals surface area contributed by atoms with Crippen molar-refractivity contribution in [3.8, 4) is 11.9 Å². The SMILES string of the molecule is CC(C)c1cccc(C(C)C)c1N1C(=[B-](C#N)C#N)C2(CCCCC2)CC1(C)C. The molecular weight excluding hydrogens is 353 g/mol. The van der Waals surface area contributed by atoms with E-state index in [9.17, 15) is 10.5 Å². The Kier molecular flexibility index (Phi) is 5.96. The molecule has 2 aliphatic rings. The average Bonchev–Trinajstić information content (AvgIpc) is 2.89. The fourth-order valence-corrected chi connectivity index (χ4v) is 6.00. The number of anilines is 1. The Bertz CT molecular complexity index is 847. The van der Waals surface area contributed by atoms with E-state index in [0.29, 0.717) is 11.8 Å². The van der Waals surface area contributed by atoms with Gasteiger partial charge >= 0.3 is 0 Å². The van der Waals surface area contributed by atoms with Crippen LogP contribution in [0.2, 0.25) is 0 Å². The van der Waals surface area contributed by atoms with Crippen LogP contribution in [0.25, 0.3) is 0 Å². The maximum Gasteiger partial charge on any atom is 0.110 e. The van der Waals surface area contributed by atoms with Crippen LogP contribution in [-0.4, -0.2) is 17.5 Å². The highest BCUT2D eigenvalue weighted by Gasteiger charge is 2.50. The van der Waals surface area contributed by atoms with Crippen molar-refractivity contribution in [2.75, 3.05) is 4.90 Å². The van der Waals surface area contributed by atoms with Gasteiger partial charge in [-0.1, -0.05) is 65.2 Å². The maximum absolute atomic E-state index is 9.97. The zero-order valence-corrected chi connectivity index (χ0v) is 19.0. The maximum atomic E-state index is 9.97. The molecule has 154 valence electrons. The van der Waals surface area contributed by atoms with Crippen molar-refractivity contribution in [3.05, 3.63) is 29.3 Å². The van der Waals surface area contributed by atoms with E-state index in [1.54, 1.807) is 0 Å². The number of nitrogens with zero attached hydrogens (tertiary/aromatic N) is 3. The first kappa shape index (κ1) is 21.6. The fourth-order valence-electron chi connectivity index (χ4n) is 6.00. The van der Waals surface area contributed by atoms with Crippen molar-refractivity contribution in [2.45, 2.75) is 97.4 Å². The van der Waals surface area contributed by atoms with Crippen molar-refractivity contribution < 1.29 is 0 Å². The Hall–Kier alpha value is -2.07. The molecule has 1 aliphatic carbocycles. The minimum atomic E-state index is -0.685. The van der Waals surface area contributed by atoms with Crippen molar-refractivity contribution >= 4 is 17.6 Å². The first-order valence-corrected chi connectivity index (χ1v) is 11.3. The molecule has 2 fully saturated rings. The van der Waals surface area contributed by atoms with E-state index in [1.165, 1.54) is 36.1 Å². The molecule has 1 aliphatic heterocycles. The summed E-state index contributed by atoms with van der Waals surface area (Å²) in [4.78, 5) is 2.46. The molecule has 4 heteroatoms. The highest BCUT2D eigenvalue weighted by atomic mass is 15.2. The van der Waals surface area contributed by atoms with Gasteiger partial charge in [-0.15, -0.1) is 5.59 Å². The highest BCUT2D eigenvalue weighted by molar-refractivity contribution is 6.85. The third-order valence-electron chi connectivity index (χ3n) is 7.07. The minimum absolute atomic E-state index is 0.0176. The van der Waals surface area contributed by atoms with Crippen LogP contribution in [0.4, 0.5) is 5.69 Å². The van der Waals surface area contributed by atoms with E-state index in [0.717, 1.165) is 24.8 Å². The van der Waals surface area contributed by atoms with Crippen molar-refractivity contribution in [1.29, 1.82) is 10.5 Å². The molecule has 0 amide bonds. The van der Waals surface area contributed by atoms with Gasteiger partial charge in [0, 0.05) is 11.2 Å². The molecule has 29 heavy (non-hydrogen) atoms. The van der Waals surface area contributed by atoms with Crippen LogP contribution < -0.4 is 4.90 Å². The first-order chi connectivity index (χ1) is 13.7. The van der Waals surface area contributed by atoms with Gasteiger partial charge < -0.3 is 4.90 Å². The molecule has 0 N–H and O–H groups in total. The second-order valence-corrected chi connectivity index (χ2v) is 10.3. The summed E-state index contributed by atoms with van der Waals surface area (Å²) in [5.74, 6) is 5.48. The Balaban J connectivity index is 2.38. The van der Waals surface area contributed by atoms with Gasteiger partial charge in [0.15, 0.2) is 0 Å². The summed E-state index contributed by atoms with van der Waals surface area (Å²) in [6, 6.07) is 6.64. The lowest BCUT2D eigenvalue weighted by Crippen LogP contribution is -2.47. The second kappa shape index (κ2) is 7.99. The zero-order valence-electron chi connectivity index (χ0n) is 19.0. The molecule has 1 spiro atoms. The normalized spacial score (nSPS) is 20.2. The number of hydrogen-bond donors (Lipinski definition) is 0. The van der Waals surface area contributed by atoms with Gasteiger partial charge in [0.2, 0.25) is 0 Å². The monoisotopic (exact) mass is 388 g/mol. The van der Waals surface area contributed by atoms with Gasteiger partial charge in [0.25, 0.3) is 0 Å². The van der Waals surface area contributed by atoms with Crippen LogP contribution in [0.5, 0.6) is 0 Å². The van der Waals surface area contributed by atoms with Gasteiger partial charge in [0.1, 0.15) is 6.35 Å². The van der Waals surface area contributed by atoms with Gasteiger partial charge in [-0.05, 0) is 61.5 Å². The van der Waals surface area contributed by atoms with E-state index in [-0.39, 0.29) is 11.0 Å². The van der Waals surface area contributed by atoms with Gasteiger partial charge in [-0.25, -0.2) is 10.5 Å². The summed E-state index contributed by atoms with van der Waals surface area (Å²) in [5, 5.41) is 19.9. The summed E-state index contributed by atoms with van der Waals surface area (Å²) in [7, 11) is 0. The van der Waals surface area contributed by atoms with E-state index >= 15 is 0 Å². The summed E-state index contributed by atoms with van der Waals surface area (Å²) in [6.07, 6.45) is 6.19. The lowest BCUT2D eigenvalue weighted by atomic mass is 9.55. The largest absolute Gasteiger partial charge is 0.379 e. The highest BCUT2D eigenvalue weighted by Crippen LogP contribution is 2.54. The van der Waals surface area contributed by atoms with Crippen LogP contribution in [-0.2, 0) is 0 Å². The van der Waals surface area contributed by atoms with Gasteiger partial charge in [-0.3, -0.25) is 0 Å². The lowest BCUT2D eigenvalue weighted by Gasteiger charge is -2.45. The van der Waals surface area contributed by atoms with Crippen molar-refractivity contribution in [3.63, 3.8) is 0 Å². The van der Waals surface area contributed by atoms with Crippen LogP contribution in [0.1, 0.15) is 103 Å². The summed E-state index contributed by atoms with van der Waals surface area (Å²) < 4.78 is 0. The standard InChI is InChI=1S/C25H35BN3/c1-18(2)20-11-10-12-21(19(3)4)22(20)29-23(26(16-27)17-28)25(15-24(29,5)6)13-8-7-9-14-25/h10-12,18-19H,7-9,13-15H2,1-6H3/q-1. The van der Waals surface area contributed by atoms with Crippen LogP contribution in [0.3, 0.4) is 0 Å². The van der Waals surface area contributed by atoms with E-state index in [4.69, 9.17) is 0 Å². The molecule has 0 radical (unpaired) electrons. The van der Waals surface area contributed by atoms with E-state index in [2.05, 4.69) is 76.6 Å². The lowest BCUT2D eigenvalue weighted by molar-refractivity contribution is 0.255. The summed E-state index contributed by atoms with van der Waals surface area (Å²) >= 11 is 0. The van der Waals surface area contributed by atoms with E-state index < -0.39 is 6.35 Å². The average molecular weight is 388 g/mol. The van der Waals surface area contributed by atoms with Crippen LogP contribution >= 0.6 is 0 Å². The Morgan fingerprint density at radius 3 is 1.90 bits per heavy atom. The fraction of sp³-hybridized carbons (Fsp3) is 0.640. The minimum Gasteiger partial charge on any atom is -0.379 e. The van der Waals surface area contributed by atoms with Gasteiger partial charge in [-0.2, -0.15) is 11.9 Å². The van der Waals surface area contributed by atoms with Crippen LogP contribution in [0.15, 0.2) is 18.2 Å². The molecule has 0 bridgehead atoms. The number of hydrogen-bond acceptors (Lipinski definition) is 3. The number of benzene rings is 1. The third kappa shape index (κ3) is 3.63. The molecule has 0 atom stereocenters. The molecule has 1 aromatic carbocycles. The molecule has 1 heterocycles. The molecular formula is C25H35BN3-. The second-order valence-electron chi connectivity index (χ2n) is 10.3. The van der Waals surface area contributed by atoms with E-state index in [1.807, 2.05) is 0 Å². The predicted molar refractivity (Wildman–Crippen MR) is 123 cm³/mol. The van der Waals surface area contributed by atoms with Crippen molar-refractivity contribution in [2.24, 2.45) is 5.41 Å². The molecule has 1 saturated carbocycles. The predicted octanol–water partition coefficient (Wildman–Crippen LogP) is 6.20. The molecule has 1 saturated heterocycles. The first-order valence-electron chi connectivity index (χ1n) is 11.3. The van der Waals surface area contributed by atoms with Crippen LogP contribution in [0, 0.1) is 27.9 Å². The van der Waals surface area contributed by atoms with Crippen molar-refractivity contribution in [1.82, 2.24) is 0 Å². The van der Waals surface area contributed by atoms with Gasteiger partial charge in [0.05, 0.1) is 0 Å². The Labute approximate surface area is 177 Å². The Morgan fingerprint density at radius 2 is 1.45 bits per heavy atom. The summed E-state index contributed by atoms with van der Waals surface area (Å²) in [6.45, 7) is 13.6. The smallest absolute Gasteiger partial charge is 0.110 e. The quantitative estimate of drug-likeness (QED) is 0.579.